The van der Waals surface area contributed by atoms with Gasteiger partial charge in [0.2, 0.25) is 0 Å². The van der Waals surface area contributed by atoms with E-state index in [1.165, 1.54) is 0 Å². The fourth-order valence-corrected chi connectivity index (χ4v) is 1.16. The number of nitrogens with zero attached hydrogens (tertiary/aromatic N) is 5. The van der Waals surface area contributed by atoms with Gasteiger partial charge in [0.25, 0.3) is 0 Å². The molecule has 0 radical (unpaired) electrons. The van der Waals surface area contributed by atoms with Gasteiger partial charge < -0.3 is 20.2 Å². The van der Waals surface area contributed by atoms with E-state index in [1.54, 1.807) is 0 Å². The maximum atomic E-state index is 10.1. The highest BCUT2D eigenvalue weighted by Crippen LogP contribution is 2.15. The van der Waals surface area contributed by atoms with Crippen LogP contribution >= 0.6 is 0 Å². The molecular formula is C6H7N7O8. The van der Waals surface area contributed by atoms with Gasteiger partial charge in [-0.3, -0.25) is 25.5 Å². The van der Waals surface area contributed by atoms with E-state index in [4.69, 9.17) is 0 Å². The summed E-state index contributed by atoms with van der Waals surface area (Å²) < 4.78 is 0. The van der Waals surface area contributed by atoms with Crippen LogP contribution in [-0.4, -0.2) is 48.4 Å². The molecule has 1 fully saturated rings. The Morgan fingerprint density at radius 3 is 1.67 bits per heavy atom. The lowest BCUT2D eigenvalue weighted by atomic mass is 10.1. The largest absolute Gasteiger partial charge is 0.482 e. The van der Waals surface area contributed by atoms with Gasteiger partial charge in [0.1, 0.15) is 22.9 Å². The smallest absolute Gasteiger partial charge is 0.390 e. The Labute approximate surface area is 113 Å². The van der Waals surface area contributed by atoms with Crippen molar-refractivity contribution >= 4 is 11.8 Å². The van der Waals surface area contributed by atoms with Crippen LogP contribution in [0, 0.1) is 40.5 Å². The molecule has 1 aromatic rings. The second kappa shape index (κ2) is 5.82. The van der Waals surface area contributed by atoms with Crippen molar-refractivity contribution in [3.05, 3.63) is 46.7 Å². The average molecular weight is 305 g/mol. The Balaban J connectivity index is 0.000000211. The predicted octanol–water partition coefficient (Wildman–Crippen LogP) is -0.935. The van der Waals surface area contributed by atoms with Crippen LogP contribution in [0.1, 0.15) is 0 Å². The highest BCUT2D eigenvalue weighted by atomic mass is 16.7. The molecule has 21 heavy (non-hydrogen) atoms. The van der Waals surface area contributed by atoms with Crippen LogP contribution in [0.2, 0.25) is 0 Å². The summed E-state index contributed by atoms with van der Waals surface area (Å²) in [4.78, 5) is 41.7. The van der Waals surface area contributed by atoms with E-state index in [1.807, 2.05) is 4.98 Å². The molecular weight excluding hydrogens is 298 g/mol. The maximum absolute atomic E-state index is 10.1. The molecule has 0 atom stereocenters. The summed E-state index contributed by atoms with van der Waals surface area (Å²) in [6.07, 6.45) is 0.790. The molecule has 1 aromatic heterocycles. The van der Waals surface area contributed by atoms with Gasteiger partial charge in [-0.05, 0) is 9.85 Å². The van der Waals surface area contributed by atoms with Crippen LogP contribution in [0.25, 0.3) is 0 Å². The van der Waals surface area contributed by atoms with Crippen LogP contribution in [0.5, 0.6) is 0 Å². The first kappa shape index (κ1) is 15.8. The number of imidazole rings is 1. The van der Waals surface area contributed by atoms with Crippen LogP contribution in [0.15, 0.2) is 6.20 Å². The molecule has 2 rings (SSSR count). The van der Waals surface area contributed by atoms with E-state index < -0.39 is 37.1 Å². The van der Waals surface area contributed by atoms with E-state index in [9.17, 15) is 40.5 Å². The molecule has 15 nitrogen and oxygen atoms in total. The molecule has 0 spiro atoms. The Morgan fingerprint density at radius 2 is 1.52 bits per heavy atom. The lowest BCUT2D eigenvalue weighted by Gasteiger charge is -2.24. The van der Waals surface area contributed by atoms with Crippen molar-refractivity contribution in [1.82, 2.24) is 15.3 Å². The van der Waals surface area contributed by atoms with Crippen LogP contribution in [-0.2, 0) is 0 Å². The summed E-state index contributed by atoms with van der Waals surface area (Å²) >= 11 is 0. The third kappa shape index (κ3) is 3.21. The number of nitrogens with one attached hydrogen (secondary N) is 2. The van der Waals surface area contributed by atoms with E-state index in [0.717, 1.165) is 6.20 Å². The number of rotatable bonds is 4. The van der Waals surface area contributed by atoms with Gasteiger partial charge in [0.05, 0.1) is 0 Å². The van der Waals surface area contributed by atoms with Crippen molar-refractivity contribution in [1.29, 1.82) is 0 Å². The fraction of sp³-hybridized carbons (Fsp3) is 0.500. The quantitative estimate of drug-likeness (QED) is 0.395. The summed E-state index contributed by atoms with van der Waals surface area (Å²) in [5.41, 5.74) is -1.94. The topological polar surface area (TPSA) is 213 Å². The Morgan fingerprint density at radius 1 is 1.00 bits per heavy atom. The number of aromatic amines is 1. The minimum absolute atomic E-state index is 0.174. The monoisotopic (exact) mass is 305 g/mol. The SMILES string of the molecule is O=[N+]([O-])C1([N+](=O)[O-])CNC1.O=[N+]([O-])c1cnc([N+](=O)[O-])[nH]1. The molecule has 15 heteroatoms. The summed E-state index contributed by atoms with van der Waals surface area (Å²) in [7, 11) is 0. The van der Waals surface area contributed by atoms with Crippen molar-refractivity contribution in [3.8, 4) is 0 Å². The zero-order chi connectivity index (χ0) is 16.2. The lowest BCUT2D eigenvalue weighted by molar-refractivity contribution is -0.802. The molecule has 114 valence electrons. The molecule has 0 aliphatic carbocycles. The van der Waals surface area contributed by atoms with E-state index in [2.05, 4.69) is 10.3 Å². The normalized spacial score (nSPS) is 15.0. The highest BCUT2D eigenvalue weighted by molar-refractivity contribution is 5.21. The zero-order valence-corrected chi connectivity index (χ0v) is 9.99. The number of hydrogen-bond donors (Lipinski definition) is 2. The third-order valence-corrected chi connectivity index (χ3v) is 2.41. The number of H-pyrrole nitrogens is 1. The number of hydrogen-bond acceptors (Lipinski definition) is 10. The van der Waals surface area contributed by atoms with Gasteiger partial charge in [-0.2, -0.15) is 4.98 Å². The first-order valence-electron chi connectivity index (χ1n) is 5.04. The van der Waals surface area contributed by atoms with Crippen molar-refractivity contribution < 1.29 is 19.7 Å². The van der Waals surface area contributed by atoms with Gasteiger partial charge in [-0.1, -0.05) is 4.98 Å². The van der Waals surface area contributed by atoms with Crippen LogP contribution in [0.3, 0.4) is 0 Å². The van der Waals surface area contributed by atoms with E-state index in [-0.39, 0.29) is 13.1 Å². The van der Waals surface area contributed by atoms with Gasteiger partial charge >= 0.3 is 17.4 Å². The minimum Gasteiger partial charge on any atom is -0.390 e. The first-order valence-corrected chi connectivity index (χ1v) is 5.04. The summed E-state index contributed by atoms with van der Waals surface area (Å²) in [6, 6.07) is 0. The van der Waals surface area contributed by atoms with Crippen molar-refractivity contribution in [2.75, 3.05) is 13.1 Å². The van der Waals surface area contributed by atoms with E-state index >= 15 is 0 Å². The van der Waals surface area contributed by atoms with Gasteiger partial charge in [0.15, 0.2) is 6.20 Å². The summed E-state index contributed by atoms with van der Waals surface area (Å²) in [6.45, 7) is -0.347. The molecule has 0 bridgehead atoms. The first-order chi connectivity index (χ1) is 9.70. The van der Waals surface area contributed by atoms with Crippen molar-refractivity contribution in [2.24, 2.45) is 0 Å². The zero-order valence-electron chi connectivity index (χ0n) is 9.99. The second-order valence-electron chi connectivity index (χ2n) is 3.71. The van der Waals surface area contributed by atoms with Gasteiger partial charge in [-0.25, -0.2) is 0 Å². The molecule has 1 saturated heterocycles. The minimum atomic E-state index is -1.94. The van der Waals surface area contributed by atoms with E-state index in [0.29, 0.717) is 0 Å². The molecule has 0 saturated carbocycles. The Hall–Kier alpha value is -3.23. The second-order valence-corrected chi connectivity index (χ2v) is 3.71. The molecule has 1 aliphatic heterocycles. The number of nitro groups is 4. The Kier molecular flexibility index (Phi) is 4.39. The highest BCUT2D eigenvalue weighted by Gasteiger charge is 2.62. The predicted molar refractivity (Wildman–Crippen MR) is 61.5 cm³/mol. The Bertz CT molecular complexity index is 547. The molecule has 2 heterocycles. The van der Waals surface area contributed by atoms with Crippen molar-refractivity contribution in [3.63, 3.8) is 0 Å². The van der Waals surface area contributed by atoms with Gasteiger partial charge in [0, 0.05) is 0 Å². The number of aromatic nitrogens is 2. The fourth-order valence-electron chi connectivity index (χ4n) is 1.16. The molecule has 2 N–H and O–H groups in total. The van der Waals surface area contributed by atoms with Gasteiger partial charge in [-0.15, -0.1) is 0 Å². The maximum Gasteiger partial charge on any atom is 0.482 e. The van der Waals surface area contributed by atoms with Crippen LogP contribution < -0.4 is 5.32 Å². The summed E-state index contributed by atoms with van der Waals surface area (Å²) in [5.74, 6) is -1.12. The standard InChI is InChI=1S/C3H2N4O4.C3H5N3O4/c8-6(9)2-1-4-3(5-2)7(10)11;7-5(8)3(6(9)10)1-4-2-3/h1H,(H,4,5);4H,1-2H2. The average Bonchev–Trinajstić information content (AvgIpc) is 2.75. The molecule has 0 unspecified atom stereocenters. The molecule has 0 aromatic carbocycles. The van der Waals surface area contributed by atoms with Crippen molar-refractivity contribution in [2.45, 2.75) is 5.66 Å². The molecule has 0 amide bonds. The lowest BCUT2D eigenvalue weighted by Crippen LogP contribution is -2.68. The molecule has 1 aliphatic rings. The van der Waals surface area contributed by atoms with Crippen LogP contribution in [0.4, 0.5) is 11.8 Å². The summed E-state index contributed by atoms with van der Waals surface area (Å²) in [5, 5.41) is 42.5. The third-order valence-electron chi connectivity index (χ3n) is 2.41.